The first kappa shape index (κ1) is 12.9. The lowest BCUT2D eigenvalue weighted by Crippen LogP contribution is -2.09. The van der Waals surface area contributed by atoms with Crippen LogP contribution in [0.1, 0.15) is 28.3 Å². The van der Waals surface area contributed by atoms with Crippen LogP contribution in [0.5, 0.6) is 5.75 Å². The third-order valence-corrected chi connectivity index (χ3v) is 3.87. The van der Waals surface area contributed by atoms with E-state index in [1.807, 2.05) is 23.5 Å². The van der Waals surface area contributed by atoms with Crippen molar-refractivity contribution in [1.82, 2.24) is 4.98 Å². The Labute approximate surface area is 112 Å². The van der Waals surface area contributed by atoms with Crippen molar-refractivity contribution in [2.45, 2.75) is 26.8 Å². The normalized spacial score (nSPS) is 12.2. The van der Waals surface area contributed by atoms with Crippen molar-refractivity contribution in [1.29, 1.82) is 0 Å². The summed E-state index contributed by atoms with van der Waals surface area (Å²) < 4.78 is 5.30. The van der Waals surface area contributed by atoms with Crippen LogP contribution in [0, 0.1) is 13.8 Å². The largest absolute Gasteiger partial charge is 0.493 e. The third-order valence-electron chi connectivity index (χ3n) is 2.89. The van der Waals surface area contributed by atoms with Crippen molar-refractivity contribution >= 4 is 17.2 Å². The fraction of sp³-hybridized carbons (Fsp3) is 0.357. The monoisotopic (exact) mass is 262 g/mol. The maximum absolute atomic E-state index is 5.30. The van der Waals surface area contributed by atoms with Crippen LogP contribution in [0.15, 0.2) is 24.4 Å². The van der Waals surface area contributed by atoms with Gasteiger partial charge in [0.15, 0.2) is 11.6 Å². The quantitative estimate of drug-likeness (QED) is 0.906. The second kappa shape index (κ2) is 5.40. The zero-order valence-corrected chi connectivity index (χ0v) is 12.0. The molecule has 0 aromatic carbocycles. The molecular weight excluding hydrogens is 244 g/mol. The Hall–Kier alpha value is -1.55. The molecule has 3 nitrogen and oxygen atoms in total. The zero-order valence-electron chi connectivity index (χ0n) is 11.2. The van der Waals surface area contributed by atoms with Crippen LogP contribution in [-0.2, 0) is 0 Å². The lowest BCUT2D eigenvalue weighted by molar-refractivity contribution is 0.414. The first-order chi connectivity index (χ1) is 8.61. The highest BCUT2D eigenvalue weighted by atomic mass is 32.1. The van der Waals surface area contributed by atoms with Gasteiger partial charge in [0, 0.05) is 16.0 Å². The molecule has 2 heterocycles. The molecule has 0 radical (unpaired) electrons. The van der Waals surface area contributed by atoms with Crippen LogP contribution >= 0.6 is 11.3 Å². The van der Waals surface area contributed by atoms with Crippen LogP contribution < -0.4 is 10.1 Å². The molecule has 0 fully saturated rings. The number of pyridine rings is 1. The zero-order chi connectivity index (χ0) is 13.1. The summed E-state index contributed by atoms with van der Waals surface area (Å²) in [6.45, 7) is 6.43. The Kier molecular flexibility index (Phi) is 3.87. The average molecular weight is 262 g/mol. The van der Waals surface area contributed by atoms with Gasteiger partial charge in [0.25, 0.3) is 0 Å². The van der Waals surface area contributed by atoms with Crippen molar-refractivity contribution in [3.05, 3.63) is 39.7 Å². The molecule has 2 aromatic heterocycles. The van der Waals surface area contributed by atoms with Crippen molar-refractivity contribution in [2.24, 2.45) is 0 Å². The van der Waals surface area contributed by atoms with Gasteiger partial charge in [-0.3, -0.25) is 0 Å². The molecule has 96 valence electrons. The summed E-state index contributed by atoms with van der Waals surface area (Å²) in [5.74, 6) is 1.56. The minimum absolute atomic E-state index is 0.221. The molecule has 0 saturated heterocycles. The van der Waals surface area contributed by atoms with Crippen LogP contribution in [0.25, 0.3) is 0 Å². The van der Waals surface area contributed by atoms with E-state index in [-0.39, 0.29) is 6.04 Å². The number of thiophene rings is 1. The highest BCUT2D eigenvalue weighted by Gasteiger charge is 2.13. The minimum Gasteiger partial charge on any atom is -0.493 e. The highest BCUT2D eigenvalue weighted by Crippen LogP contribution is 2.30. The van der Waals surface area contributed by atoms with Crippen LogP contribution in [0.3, 0.4) is 0 Å². The molecule has 0 saturated carbocycles. The number of aryl methyl sites for hydroxylation is 2. The van der Waals surface area contributed by atoms with Crippen molar-refractivity contribution < 1.29 is 4.74 Å². The summed E-state index contributed by atoms with van der Waals surface area (Å²) in [5.41, 5.74) is 1.32. The molecule has 0 amide bonds. The fourth-order valence-electron chi connectivity index (χ4n) is 2.03. The number of ether oxygens (including phenoxy) is 1. The molecule has 18 heavy (non-hydrogen) atoms. The van der Waals surface area contributed by atoms with Gasteiger partial charge in [-0.15, -0.1) is 11.3 Å². The SMILES string of the molecule is COc1cccnc1NC(C)c1cc(C)sc1C. The average Bonchev–Trinajstić information content (AvgIpc) is 2.69. The lowest BCUT2D eigenvalue weighted by Gasteiger charge is -2.16. The maximum Gasteiger partial charge on any atom is 0.169 e. The molecule has 2 aromatic rings. The number of anilines is 1. The van der Waals surface area contributed by atoms with E-state index in [0.29, 0.717) is 0 Å². The van der Waals surface area contributed by atoms with Gasteiger partial charge < -0.3 is 10.1 Å². The first-order valence-electron chi connectivity index (χ1n) is 5.94. The van der Waals surface area contributed by atoms with E-state index in [2.05, 4.69) is 37.1 Å². The Morgan fingerprint density at radius 1 is 1.39 bits per heavy atom. The Morgan fingerprint density at radius 2 is 2.17 bits per heavy atom. The summed E-state index contributed by atoms with van der Waals surface area (Å²) in [4.78, 5) is 7.01. The molecule has 0 bridgehead atoms. The van der Waals surface area contributed by atoms with Gasteiger partial charge in [0.2, 0.25) is 0 Å². The van der Waals surface area contributed by atoms with E-state index in [0.717, 1.165) is 11.6 Å². The van der Waals surface area contributed by atoms with E-state index in [1.54, 1.807) is 13.3 Å². The van der Waals surface area contributed by atoms with Crippen molar-refractivity contribution in [3.63, 3.8) is 0 Å². The predicted molar refractivity (Wildman–Crippen MR) is 76.6 cm³/mol. The van der Waals surface area contributed by atoms with Crippen LogP contribution in [0.4, 0.5) is 5.82 Å². The van der Waals surface area contributed by atoms with Gasteiger partial charge in [-0.25, -0.2) is 4.98 Å². The summed E-state index contributed by atoms with van der Waals surface area (Å²) in [6.07, 6.45) is 1.77. The molecular formula is C14H18N2OS. The number of hydrogen-bond donors (Lipinski definition) is 1. The number of hydrogen-bond acceptors (Lipinski definition) is 4. The standard InChI is InChI=1S/C14H18N2OS/c1-9-8-12(11(3)18-9)10(2)16-14-13(17-4)6-5-7-15-14/h5-8,10H,1-4H3,(H,15,16). The predicted octanol–water partition coefficient (Wildman–Crippen LogP) is 3.94. The number of methoxy groups -OCH3 is 1. The summed E-state index contributed by atoms with van der Waals surface area (Å²) in [7, 11) is 1.66. The van der Waals surface area contributed by atoms with Gasteiger partial charge in [-0.1, -0.05) is 0 Å². The molecule has 0 aliphatic heterocycles. The number of nitrogens with zero attached hydrogens (tertiary/aromatic N) is 1. The Bertz CT molecular complexity index is 536. The van der Waals surface area contributed by atoms with Crippen LogP contribution in [-0.4, -0.2) is 12.1 Å². The van der Waals surface area contributed by atoms with Gasteiger partial charge in [-0.05, 0) is 44.5 Å². The first-order valence-corrected chi connectivity index (χ1v) is 6.76. The maximum atomic E-state index is 5.30. The summed E-state index contributed by atoms with van der Waals surface area (Å²) >= 11 is 1.83. The Balaban J connectivity index is 2.21. The second-order valence-corrected chi connectivity index (χ2v) is 5.75. The molecule has 1 unspecified atom stereocenters. The van der Waals surface area contributed by atoms with Gasteiger partial charge in [0.05, 0.1) is 13.2 Å². The summed E-state index contributed by atoms with van der Waals surface area (Å²) in [6, 6.07) is 6.23. The molecule has 2 rings (SSSR count). The number of aromatic nitrogens is 1. The fourth-order valence-corrected chi connectivity index (χ4v) is 3.05. The van der Waals surface area contributed by atoms with Gasteiger partial charge in [0.1, 0.15) is 0 Å². The van der Waals surface area contributed by atoms with Gasteiger partial charge >= 0.3 is 0 Å². The van der Waals surface area contributed by atoms with E-state index >= 15 is 0 Å². The van der Waals surface area contributed by atoms with Crippen molar-refractivity contribution in [2.75, 3.05) is 12.4 Å². The lowest BCUT2D eigenvalue weighted by atomic mass is 10.1. The van der Waals surface area contributed by atoms with E-state index in [4.69, 9.17) is 4.74 Å². The van der Waals surface area contributed by atoms with E-state index < -0.39 is 0 Å². The van der Waals surface area contributed by atoms with Gasteiger partial charge in [-0.2, -0.15) is 0 Å². The smallest absolute Gasteiger partial charge is 0.169 e. The third kappa shape index (κ3) is 2.64. The molecule has 0 aliphatic carbocycles. The van der Waals surface area contributed by atoms with E-state index in [1.165, 1.54) is 15.3 Å². The van der Waals surface area contributed by atoms with E-state index in [9.17, 15) is 0 Å². The molecule has 1 N–H and O–H groups in total. The molecule has 0 spiro atoms. The Morgan fingerprint density at radius 3 is 2.78 bits per heavy atom. The number of rotatable bonds is 4. The molecule has 1 atom stereocenters. The molecule has 0 aliphatic rings. The number of nitrogens with one attached hydrogen (secondary N) is 1. The minimum atomic E-state index is 0.221. The highest BCUT2D eigenvalue weighted by molar-refractivity contribution is 7.12. The second-order valence-electron chi connectivity index (χ2n) is 4.29. The van der Waals surface area contributed by atoms with Crippen molar-refractivity contribution in [3.8, 4) is 5.75 Å². The summed E-state index contributed by atoms with van der Waals surface area (Å²) in [5, 5.41) is 3.40. The van der Waals surface area contributed by atoms with Crippen LogP contribution in [0.2, 0.25) is 0 Å². The topological polar surface area (TPSA) is 34.1 Å². The molecule has 4 heteroatoms.